The van der Waals surface area contributed by atoms with Crippen molar-refractivity contribution in [1.82, 2.24) is 4.90 Å². The van der Waals surface area contributed by atoms with Gasteiger partial charge in [0, 0.05) is 31.7 Å². The summed E-state index contributed by atoms with van der Waals surface area (Å²) < 4.78 is 13.4. The molecule has 1 amide bonds. The highest BCUT2D eigenvalue weighted by Gasteiger charge is 2.17. The van der Waals surface area contributed by atoms with Crippen LogP contribution in [-0.4, -0.2) is 47.3 Å². The minimum Gasteiger partial charge on any atom is -0.396 e. The molecule has 0 heterocycles. The van der Waals surface area contributed by atoms with Crippen LogP contribution in [0.5, 0.6) is 0 Å². The van der Waals surface area contributed by atoms with Gasteiger partial charge in [0.25, 0.3) is 5.91 Å². The summed E-state index contributed by atoms with van der Waals surface area (Å²) in [5, 5.41) is 17.6. The number of aliphatic hydroxyl groups is 2. The van der Waals surface area contributed by atoms with Crippen molar-refractivity contribution in [2.45, 2.75) is 19.8 Å². The van der Waals surface area contributed by atoms with Crippen molar-refractivity contribution in [3.63, 3.8) is 0 Å². The van der Waals surface area contributed by atoms with Crippen molar-refractivity contribution in [1.29, 1.82) is 0 Å². The van der Waals surface area contributed by atoms with Gasteiger partial charge in [-0.3, -0.25) is 4.79 Å². The Morgan fingerprint density at radius 1 is 1.33 bits per heavy atom. The average molecular weight is 293 g/mol. The third kappa shape index (κ3) is 5.18. The molecule has 4 nitrogen and oxygen atoms in total. The molecule has 5 heteroatoms. The molecule has 1 aromatic carbocycles. The maximum absolute atomic E-state index is 13.4. The van der Waals surface area contributed by atoms with Crippen LogP contribution in [0.25, 0.3) is 0 Å². The van der Waals surface area contributed by atoms with Crippen molar-refractivity contribution in [2.24, 2.45) is 0 Å². The van der Waals surface area contributed by atoms with Crippen LogP contribution in [0.1, 0.15) is 35.7 Å². The fourth-order valence-corrected chi connectivity index (χ4v) is 1.85. The van der Waals surface area contributed by atoms with E-state index in [9.17, 15) is 9.18 Å². The van der Waals surface area contributed by atoms with Gasteiger partial charge in [-0.05, 0) is 31.5 Å². The molecule has 114 valence electrons. The fraction of sp³-hybridized carbons (Fsp3) is 0.438. The number of halogens is 1. The first-order valence-electron chi connectivity index (χ1n) is 6.93. The first-order valence-corrected chi connectivity index (χ1v) is 6.93. The van der Waals surface area contributed by atoms with Gasteiger partial charge in [-0.25, -0.2) is 4.39 Å². The lowest BCUT2D eigenvalue weighted by molar-refractivity contribution is 0.0753. The molecule has 0 fully saturated rings. The highest BCUT2D eigenvalue weighted by Crippen LogP contribution is 2.14. The molecule has 0 saturated carbocycles. The number of hydrogen-bond acceptors (Lipinski definition) is 3. The van der Waals surface area contributed by atoms with E-state index in [1.165, 1.54) is 18.2 Å². The maximum atomic E-state index is 13.4. The molecule has 0 radical (unpaired) electrons. The lowest BCUT2D eigenvalue weighted by Gasteiger charge is -2.21. The van der Waals surface area contributed by atoms with Gasteiger partial charge >= 0.3 is 0 Å². The number of nitrogens with zero attached hydrogens (tertiary/aromatic N) is 1. The predicted molar refractivity (Wildman–Crippen MR) is 78.3 cm³/mol. The van der Waals surface area contributed by atoms with Gasteiger partial charge in [-0.1, -0.05) is 11.8 Å². The van der Waals surface area contributed by atoms with Crippen LogP contribution in [0.15, 0.2) is 18.2 Å². The van der Waals surface area contributed by atoms with Crippen molar-refractivity contribution >= 4 is 5.91 Å². The average Bonchev–Trinajstić information content (AvgIpc) is 2.49. The van der Waals surface area contributed by atoms with Crippen molar-refractivity contribution in [3.05, 3.63) is 35.1 Å². The predicted octanol–water partition coefficient (Wildman–Crippen LogP) is 1.40. The molecule has 0 unspecified atom stereocenters. The minimum absolute atomic E-state index is 0.00388. The van der Waals surface area contributed by atoms with Crippen LogP contribution >= 0.6 is 0 Å². The van der Waals surface area contributed by atoms with Gasteiger partial charge < -0.3 is 15.1 Å². The Morgan fingerprint density at radius 2 is 2.10 bits per heavy atom. The van der Waals surface area contributed by atoms with E-state index in [2.05, 4.69) is 11.8 Å². The van der Waals surface area contributed by atoms with Crippen LogP contribution in [0.3, 0.4) is 0 Å². The molecule has 21 heavy (non-hydrogen) atoms. The Morgan fingerprint density at radius 3 is 2.71 bits per heavy atom. The van der Waals surface area contributed by atoms with E-state index in [1.54, 1.807) is 4.90 Å². The quantitative estimate of drug-likeness (QED) is 0.780. The summed E-state index contributed by atoms with van der Waals surface area (Å²) >= 11 is 0. The third-order valence-corrected chi connectivity index (χ3v) is 2.93. The molecule has 0 aromatic heterocycles. The van der Waals surface area contributed by atoms with E-state index >= 15 is 0 Å². The fourth-order valence-electron chi connectivity index (χ4n) is 1.85. The molecule has 0 atom stereocenters. The Hall–Kier alpha value is -1.90. The smallest absolute Gasteiger partial charge is 0.255 e. The van der Waals surface area contributed by atoms with Crippen LogP contribution in [0, 0.1) is 17.7 Å². The lowest BCUT2D eigenvalue weighted by Crippen LogP contribution is -2.32. The normalized spacial score (nSPS) is 9.90. The Bertz CT molecular complexity index is 534. The summed E-state index contributed by atoms with van der Waals surface area (Å²) in [6.07, 6.45) is 0.771. The van der Waals surface area contributed by atoms with Gasteiger partial charge in [-0.2, -0.15) is 0 Å². The van der Waals surface area contributed by atoms with E-state index in [4.69, 9.17) is 10.2 Å². The van der Waals surface area contributed by atoms with Crippen LogP contribution in [0.2, 0.25) is 0 Å². The molecule has 0 spiro atoms. The molecule has 1 aromatic rings. The van der Waals surface area contributed by atoms with E-state index < -0.39 is 5.82 Å². The Kier molecular flexibility index (Phi) is 7.44. The summed E-state index contributed by atoms with van der Waals surface area (Å²) in [6.45, 7) is 2.64. The van der Waals surface area contributed by atoms with Gasteiger partial charge in [0.05, 0.1) is 12.2 Å². The summed E-state index contributed by atoms with van der Waals surface area (Å²) in [6, 6.07) is 3.89. The molecule has 0 aliphatic carbocycles. The number of carbonyl (C=O) groups is 1. The summed E-state index contributed by atoms with van der Waals surface area (Å²) in [7, 11) is 0. The van der Waals surface area contributed by atoms with Crippen LogP contribution < -0.4 is 0 Å². The molecule has 0 aliphatic rings. The van der Waals surface area contributed by atoms with Crippen molar-refractivity contribution in [3.8, 4) is 11.8 Å². The number of aliphatic hydroxyl groups excluding tert-OH is 2. The molecule has 0 saturated heterocycles. The number of amides is 1. The second-order valence-corrected chi connectivity index (χ2v) is 4.43. The summed E-state index contributed by atoms with van der Waals surface area (Å²) in [5.41, 5.74) is 0.650. The first kappa shape index (κ1) is 17.2. The van der Waals surface area contributed by atoms with Crippen LogP contribution in [-0.2, 0) is 0 Å². The Balaban J connectivity index is 3.06. The molecule has 2 N–H and O–H groups in total. The third-order valence-electron chi connectivity index (χ3n) is 2.93. The topological polar surface area (TPSA) is 60.8 Å². The zero-order valence-electron chi connectivity index (χ0n) is 12.1. The molecule has 0 bridgehead atoms. The van der Waals surface area contributed by atoms with E-state index in [-0.39, 0.29) is 24.7 Å². The molecule has 1 rings (SSSR count). The highest BCUT2D eigenvalue weighted by molar-refractivity contribution is 5.96. The van der Waals surface area contributed by atoms with Gasteiger partial charge in [0.15, 0.2) is 0 Å². The maximum Gasteiger partial charge on any atom is 0.255 e. The SMILES string of the molecule is CCN(CCCO)C(=O)c1cc(F)ccc1C#CCCO. The zero-order valence-corrected chi connectivity index (χ0v) is 12.1. The minimum atomic E-state index is -0.496. The number of carbonyl (C=O) groups excluding carboxylic acids is 1. The molecule has 0 aliphatic heterocycles. The number of benzene rings is 1. The number of rotatable bonds is 6. The Labute approximate surface area is 124 Å². The first-order chi connectivity index (χ1) is 10.1. The van der Waals surface area contributed by atoms with Crippen LogP contribution in [0.4, 0.5) is 4.39 Å². The van der Waals surface area contributed by atoms with Gasteiger partial charge in [-0.15, -0.1) is 0 Å². The lowest BCUT2D eigenvalue weighted by atomic mass is 10.1. The molecular weight excluding hydrogens is 273 g/mol. The van der Waals surface area contributed by atoms with Gasteiger partial charge in [0.2, 0.25) is 0 Å². The molecular formula is C16H20FNO3. The van der Waals surface area contributed by atoms with Crippen molar-refractivity contribution in [2.75, 3.05) is 26.3 Å². The summed E-state index contributed by atoms with van der Waals surface area (Å²) in [5.74, 6) is 4.71. The van der Waals surface area contributed by atoms with E-state index in [0.29, 0.717) is 31.5 Å². The highest BCUT2D eigenvalue weighted by atomic mass is 19.1. The largest absolute Gasteiger partial charge is 0.396 e. The summed E-state index contributed by atoms with van der Waals surface area (Å²) in [4.78, 5) is 14.0. The second-order valence-electron chi connectivity index (χ2n) is 4.43. The van der Waals surface area contributed by atoms with E-state index in [0.717, 1.165) is 0 Å². The van der Waals surface area contributed by atoms with Crippen molar-refractivity contribution < 1.29 is 19.4 Å². The second kappa shape index (κ2) is 9.11. The number of hydrogen-bond donors (Lipinski definition) is 2. The standard InChI is InChI=1S/C16H20FNO3/c1-2-18(9-5-11-20)16(21)15-12-14(17)8-7-13(15)6-3-4-10-19/h7-8,12,19-20H,2,4-5,9-11H2,1H3. The monoisotopic (exact) mass is 293 g/mol. The van der Waals surface area contributed by atoms with Gasteiger partial charge in [0.1, 0.15) is 5.82 Å². The van der Waals surface area contributed by atoms with E-state index in [1.807, 2.05) is 6.92 Å². The zero-order chi connectivity index (χ0) is 15.7.